The van der Waals surface area contributed by atoms with Crippen LogP contribution in [0.15, 0.2) is 18.8 Å². The van der Waals surface area contributed by atoms with Crippen LogP contribution in [0.4, 0.5) is 0 Å². The van der Waals surface area contributed by atoms with Crippen molar-refractivity contribution in [3.05, 3.63) is 35.7 Å². The molecule has 1 N–H and O–H groups in total. The van der Waals surface area contributed by atoms with Crippen LogP contribution in [0.25, 0.3) is 5.76 Å². The molecular weight excluding hydrogens is 162 g/mol. The molecule has 0 saturated carbocycles. The summed E-state index contributed by atoms with van der Waals surface area (Å²) in [6.45, 7) is 7.58. The first-order valence-electron chi connectivity index (χ1n) is 4.49. The summed E-state index contributed by atoms with van der Waals surface area (Å²) < 4.78 is 0. The maximum Gasteiger partial charge on any atom is 0.134 e. The van der Waals surface area contributed by atoms with E-state index in [0.29, 0.717) is 5.69 Å². The molecule has 0 unspecified atom stereocenters. The highest BCUT2D eigenvalue weighted by molar-refractivity contribution is 5.56. The highest BCUT2D eigenvalue weighted by Crippen LogP contribution is 2.17. The van der Waals surface area contributed by atoms with Gasteiger partial charge in [-0.3, -0.25) is 4.98 Å². The third kappa shape index (κ3) is 2.08. The number of aliphatic hydroxyl groups is 1. The summed E-state index contributed by atoms with van der Waals surface area (Å²) in [5.41, 5.74) is 2.89. The fourth-order valence-corrected chi connectivity index (χ4v) is 1.41. The van der Waals surface area contributed by atoms with Crippen molar-refractivity contribution in [2.24, 2.45) is 0 Å². The van der Waals surface area contributed by atoms with Gasteiger partial charge in [0.1, 0.15) is 11.5 Å². The molecule has 0 amide bonds. The van der Waals surface area contributed by atoms with E-state index in [9.17, 15) is 5.11 Å². The molecule has 0 atom stereocenters. The Morgan fingerprint density at radius 2 is 2.31 bits per heavy atom. The van der Waals surface area contributed by atoms with Crippen LogP contribution >= 0.6 is 0 Å². The molecule has 0 fully saturated rings. The highest BCUT2D eigenvalue weighted by atomic mass is 16.3. The van der Waals surface area contributed by atoms with Gasteiger partial charge in [0.15, 0.2) is 0 Å². The molecule has 0 radical (unpaired) electrons. The number of rotatable bonds is 3. The van der Waals surface area contributed by atoms with E-state index in [1.165, 1.54) is 5.56 Å². The average molecular weight is 177 g/mol. The lowest BCUT2D eigenvalue weighted by Crippen LogP contribution is -1.97. The first kappa shape index (κ1) is 9.78. The van der Waals surface area contributed by atoms with E-state index in [-0.39, 0.29) is 5.76 Å². The zero-order valence-electron chi connectivity index (χ0n) is 8.17. The molecule has 2 heteroatoms. The summed E-state index contributed by atoms with van der Waals surface area (Å²) >= 11 is 0. The van der Waals surface area contributed by atoms with Crippen LogP contribution in [0, 0.1) is 6.92 Å². The lowest BCUT2D eigenvalue weighted by atomic mass is 10.0. The molecular formula is C11H15NO. The van der Waals surface area contributed by atoms with E-state index < -0.39 is 0 Å². The summed E-state index contributed by atoms with van der Waals surface area (Å²) in [5, 5.41) is 9.24. The van der Waals surface area contributed by atoms with Gasteiger partial charge in [-0.05, 0) is 30.5 Å². The first-order chi connectivity index (χ1) is 6.16. The van der Waals surface area contributed by atoms with Crippen LogP contribution in [0.2, 0.25) is 0 Å². The molecule has 1 aromatic heterocycles. The van der Waals surface area contributed by atoms with Crippen LogP contribution in [-0.4, -0.2) is 10.1 Å². The molecule has 0 bridgehead atoms. The predicted octanol–water partition coefficient (Wildman–Crippen LogP) is 2.87. The second-order valence-electron chi connectivity index (χ2n) is 3.14. The van der Waals surface area contributed by atoms with Crippen LogP contribution in [0.1, 0.15) is 30.2 Å². The number of pyridine rings is 1. The monoisotopic (exact) mass is 177 g/mol. The van der Waals surface area contributed by atoms with E-state index in [0.717, 1.165) is 18.4 Å². The Kier molecular flexibility index (Phi) is 3.07. The van der Waals surface area contributed by atoms with Crippen molar-refractivity contribution in [3.8, 4) is 0 Å². The van der Waals surface area contributed by atoms with E-state index >= 15 is 0 Å². The summed E-state index contributed by atoms with van der Waals surface area (Å²) in [6, 6.07) is 1.99. The van der Waals surface area contributed by atoms with Gasteiger partial charge in [0, 0.05) is 6.20 Å². The van der Waals surface area contributed by atoms with Crippen LogP contribution in [0.3, 0.4) is 0 Å². The Hall–Kier alpha value is -1.31. The minimum Gasteiger partial charge on any atom is -0.506 e. The fraction of sp³-hybridized carbons (Fsp3) is 0.364. The predicted molar refractivity (Wildman–Crippen MR) is 54.6 cm³/mol. The van der Waals surface area contributed by atoms with E-state index in [1.54, 1.807) is 6.20 Å². The van der Waals surface area contributed by atoms with E-state index in [2.05, 4.69) is 18.5 Å². The summed E-state index contributed by atoms with van der Waals surface area (Å²) in [7, 11) is 0. The Morgan fingerprint density at radius 1 is 1.62 bits per heavy atom. The zero-order chi connectivity index (χ0) is 9.84. The number of nitrogens with zero attached hydrogens (tertiary/aromatic N) is 1. The minimum absolute atomic E-state index is 0.0513. The number of aliphatic hydroxyl groups excluding tert-OH is 1. The maximum atomic E-state index is 9.24. The second kappa shape index (κ2) is 4.08. The number of aromatic nitrogens is 1. The molecule has 0 aromatic carbocycles. The van der Waals surface area contributed by atoms with Gasteiger partial charge in [0.05, 0.1) is 0 Å². The van der Waals surface area contributed by atoms with Crippen LogP contribution in [-0.2, 0) is 6.42 Å². The van der Waals surface area contributed by atoms with Crippen molar-refractivity contribution >= 4 is 5.76 Å². The molecule has 2 nitrogen and oxygen atoms in total. The van der Waals surface area contributed by atoms with Gasteiger partial charge in [-0.2, -0.15) is 0 Å². The second-order valence-corrected chi connectivity index (χ2v) is 3.14. The van der Waals surface area contributed by atoms with Gasteiger partial charge in [-0.1, -0.05) is 19.9 Å². The Labute approximate surface area is 78.9 Å². The Bertz CT molecular complexity index is 318. The molecule has 0 spiro atoms. The molecule has 1 aromatic rings. The summed E-state index contributed by atoms with van der Waals surface area (Å²) in [4.78, 5) is 4.07. The molecule has 1 rings (SSSR count). The fourth-order valence-electron chi connectivity index (χ4n) is 1.41. The third-order valence-corrected chi connectivity index (χ3v) is 2.11. The number of hydrogen-bond acceptors (Lipinski definition) is 2. The van der Waals surface area contributed by atoms with Gasteiger partial charge in [0.2, 0.25) is 0 Å². The molecule has 13 heavy (non-hydrogen) atoms. The molecule has 70 valence electrons. The van der Waals surface area contributed by atoms with Gasteiger partial charge >= 0.3 is 0 Å². The number of hydrogen-bond donors (Lipinski definition) is 1. The van der Waals surface area contributed by atoms with Crippen molar-refractivity contribution in [2.45, 2.75) is 26.7 Å². The molecule has 0 aliphatic rings. The summed E-state index contributed by atoms with van der Waals surface area (Å²) in [6.07, 6.45) is 3.84. The van der Waals surface area contributed by atoms with Crippen molar-refractivity contribution in [2.75, 3.05) is 0 Å². The average Bonchev–Trinajstić information content (AvgIpc) is 2.08. The van der Waals surface area contributed by atoms with E-state index in [1.807, 2.05) is 13.0 Å². The van der Waals surface area contributed by atoms with Crippen molar-refractivity contribution in [3.63, 3.8) is 0 Å². The lowest BCUT2D eigenvalue weighted by Gasteiger charge is -2.07. The smallest absolute Gasteiger partial charge is 0.134 e. The first-order valence-corrected chi connectivity index (χ1v) is 4.49. The topological polar surface area (TPSA) is 33.1 Å². The molecule has 1 heterocycles. The zero-order valence-corrected chi connectivity index (χ0v) is 8.17. The minimum atomic E-state index is 0.0513. The Morgan fingerprint density at radius 3 is 2.85 bits per heavy atom. The third-order valence-electron chi connectivity index (χ3n) is 2.11. The summed E-state index contributed by atoms with van der Waals surface area (Å²) in [5.74, 6) is 0.0513. The lowest BCUT2D eigenvalue weighted by molar-refractivity contribution is 0.509. The van der Waals surface area contributed by atoms with Gasteiger partial charge in [-0.15, -0.1) is 0 Å². The molecule has 0 saturated heterocycles. The number of aryl methyl sites for hydroxylation is 1. The van der Waals surface area contributed by atoms with Crippen molar-refractivity contribution in [1.82, 2.24) is 4.98 Å². The quantitative estimate of drug-likeness (QED) is 0.720. The normalized spacial score (nSPS) is 10.0. The highest BCUT2D eigenvalue weighted by Gasteiger charge is 2.06. The standard InChI is InChI=1S/C11H15NO/c1-4-5-10-6-7-12-11(8(10)2)9(3)13/h6-7,13H,3-5H2,1-2H3. The SMILES string of the molecule is C=C(O)c1nccc(CCC)c1C. The van der Waals surface area contributed by atoms with Crippen molar-refractivity contribution in [1.29, 1.82) is 0 Å². The van der Waals surface area contributed by atoms with Crippen LogP contribution < -0.4 is 0 Å². The van der Waals surface area contributed by atoms with Gasteiger partial charge < -0.3 is 5.11 Å². The Balaban J connectivity index is 3.10. The van der Waals surface area contributed by atoms with Crippen molar-refractivity contribution < 1.29 is 5.11 Å². The molecule has 0 aliphatic heterocycles. The van der Waals surface area contributed by atoms with Gasteiger partial charge in [0.25, 0.3) is 0 Å². The van der Waals surface area contributed by atoms with Crippen LogP contribution in [0.5, 0.6) is 0 Å². The largest absolute Gasteiger partial charge is 0.506 e. The molecule has 0 aliphatic carbocycles. The van der Waals surface area contributed by atoms with E-state index in [4.69, 9.17) is 0 Å². The van der Waals surface area contributed by atoms with Gasteiger partial charge in [-0.25, -0.2) is 0 Å². The maximum absolute atomic E-state index is 9.24.